The van der Waals surface area contributed by atoms with Crippen molar-refractivity contribution in [1.82, 2.24) is 4.90 Å². The average molecular weight is 351 g/mol. The van der Waals surface area contributed by atoms with Crippen LogP contribution in [0.4, 0.5) is 11.4 Å². The molecule has 0 aliphatic carbocycles. The van der Waals surface area contributed by atoms with E-state index in [1.807, 2.05) is 66.4 Å². The van der Waals surface area contributed by atoms with Gasteiger partial charge >= 0.3 is 0 Å². The Morgan fingerprint density at radius 3 is 2.46 bits per heavy atom. The minimum atomic E-state index is -0.00466. The van der Waals surface area contributed by atoms with Crippen molar-refractivity contribution < 1.29 is 9.59 Å². The van der Waals surface area contributed by atoms with Gasteiger partial charge in [0.2, 0.25) is 5.91 Å². The molecule has 1 aliphatic heterocycles. The molecule has 0 unspecified atom stereocenters. The number of hydrogen-bond donors (Lipinski definition) is 1. The van der Waals surface area contributed by atoms with Crippen molar-refractivity contribution in [2.45, 2.75) is 19.8 Å². The minimum Gasteiger partial charge on any atom is -0.376 e. The second-order valence-electron chi connectivity index (χ2n) is 6.41. The van der Waals surface area contributed by atoms with Crippen LogP contribution in [-0.2, 0) is 4.79 Å². The van der Waals surface area contributed by atoms with E-state index in [4.69, 9.17) is 0 Å². The van der Waals surface area contributed by atoms with E-state index < -0.39 is 0 Å². The smallest absolute Gasteiger partial charge is 0.253 e. The van der Waals surface area contributed by atoms with E-state index in [-0.39, 0.29) is 18.4 Å². The van der Waals surface area contributed by atoms with Crippen molar-refractivity contribution in [3.8, 4) is 0 Å². The number of amides is 2. The lowest BCUT2D eigenvalue weighted by atomic mass is 10.1. The summed E-state index contributed by atoms with van der Waals surface area (Å²) in [5.41, 5.74) is 2.34. The molecule has 1 aliphatic rings. The highest BCUT2D eigenvalue weighted by Crippen LogP contribution is 2.17. The Kier molecular flexibility index (Phi) is 5.89. The van der Waals surface area contributed by atoms with Gasteiger partial charge in [-0.15, -0.1) is 0 Å². The number of para-hydroxylation sites is 1. The Bertz CT molecular complexity index is 755. The zero-order valence-corrected chi connectivity index (χ0v) is 15.1. The largest absolute Gasteiger partial charge is 0.376 e. The Morgan fingerprint density at radius 1 is 1.04 bits per heavy atom. The molecule has 2 aromatic rings. The summed E-state index contributed by atoms with van der Waals surface area (Å²) in [5, 5.41) is 3.15. The highest BCUT2D eigenvalue weighted by molar-refractivity contribution is 5.97. The van der Waals surface area contributed by atoms with Gasteiger partial charge in [-0.3, -0.25) is 9.59 Å². The lowest BCUT2D eigenvalue weighted by Crippen LogP contribution is -2.35. The van der Waals surface area contributed by atoms with E-state index in [0.717, 1.165) is 37.3 Å². The third-order valence-electron chi connectivity index (χ3n) is 4.63. The van der Waals surface area contributed by atoms with Gasteiger partial charge in [0.1, 0.15) is 0 Å². The van der Waals surface area contributed by atoms with Crippen LogP contribution < -0.4 is 10.2 Å². The quantitative estimate of drug-likeness (QED) is 0.868. The first-order chi connectivity index (χ1) is 12.7. The summed E-state index contributed by atoms with van der Waals surface area (Å²) in [6, 6.07) is 17.0. The van der Waals surface area contributed by atoms with Gasteiger partial charge in [-0.1, -0.05) is 24.3 Å². The number of carbonyl (C=O) groups is 2. The molecule has 0 spiro atoms. The Labute approximate surface area is 154 Å². The molecule has 0 bridgehead atoms. The number of likely N-dealkylation sites (N-methyl/N-ethyl adjacent to an activating group) is 1. The molecule has 136 valence electrons. The molecule has 2 amide bonds. The van der Waals surface area contributed by atoms with E-state index in [9.17, 15) is 9.59 Å². The number of carbonyl (C=O) groups excluding carboxylic acids is 2. The van der Waals surface area contributed by atoms with Crippen molar-refractivity contribution in [3.63, 3.8) is 0 Å². The van der Waals surface area contributed by atoms with Gasteiger partial charge < -0.3 is 15.1 Å². The van der Waals surface area contributed by atoms with Crippen LogP contribution in [0.25, 0.3) is 0 Å². The highest BCUT2D eigenvalue weighted by Gasteiger charge is 2.19. The summed E-state index contributed by atoms with van der Waals surface area (Å²) in [4.78, 5) is 28.7. The maximum atomic E-state index is 12.6. The average Bonchev–Trinajstić information content (AvgIpc) is 3.22. The zero-order chi connectivity index (χ0) is 18.4. The number of hydrogen-bond acceptors (Lipinski definition) is 3. The Hall–Kier alpha value is -2.82. The first-order valence-electron chi connectivity index (χ1n) is 9.17. The molecule has 2 aromatic carbocycles. The molecule has 1 N–H and O–H groups in total. The summed E-state index contributed by atoms with van der Waals surface area (Å²) >= 11 is 0. The summed E-state index contributed by atoms with van der Waals surface area (Å²) in [6.45, 7) is 4.41. The van der Waals surface area contributed by atoms with Gasteiger partial charge in [-0.2, -0.15) is 0 Å². The summed E-state index contributed by atoms with van der Waals surface area (Å²) in [5.74, 6) is 0.0620. The van der Waals surface area contributed by atoms with Crippen molar-refractivity contribution in [1.29, 1.82) is 0 Å². The van der Waals surface area contributed by atoms with Gasteiger partial charge in [0, 0.05) is 36.6 Å². The molecule has 0 radical (unpaired) electrons. The van der Waals surface area contributed by atoms with Crippen LogP contribution in [0.5, 0.6) is 0 Å². The fourth-order valence-electron chi connectivity index (χ4n) is 3.25. The molecular weight excluding hydrogens is 326 g/mol. The van der Waals surface area contributed by atoms with Crippen LogP contribution in [0, 0.1) is 0 Å². The van der Waals surface area contributed by atoms with E-state index in [1.165, 1.54) is 0 Å². The molecule has 5 heteroatoms. The van der Waals surface area contributed by atoms with E-state index in [2.05, 4.69) is 5.32 Å². The minimum absolute atomic E-state index is 0.00466. The topological polar surface area (TPSA) is 52.7 Å². The van der Waals surface area contributed by atoms with Crippen LogP contribution >= 0.6 is 0 Å². The second-order valence-corrected chi connectivity index (χ2v) is 6.41. The zero-order valence-electron chi connectivity index (χ0n) is 15.1. The number of anilines is 2. The fourth-order valence-corrected chi connectivity index (χ4v) is 3.25. The molecular formula is C21H25N3O2. The summed E-state index contributed by atoms with van der Waals surface area (Å²) in [6.07, 6.45) is 2.15. The van der Waals surface area contributed by atoms with Gasteiger partial charge in [0.15, 0.2) is 0 Å². The molecule has 1 heterocycles. The summed E-state index contributed by atoms with van der Waals surface area (Å²) < 4.78 is 0. The van der Waals surface area contributed by atoms with E-state index in [0.29, 0.717) is 12.1 Å². The molecule has 0 atom stereocenters. The lowest BCUT2D eigenvalue weighted by Gasteiger charge is -2.21. The fraction of sp³-hybridized carbons (Fsp3) is 0.333. The monoisotopic (exact) mass is 351 g/mol. The Balaban J connectivity index is 1.63. The third-order valence-corrected chi connectivity index (χ3v) is 4.63. The maximum absolute atomic E-state index is 12.6. The SMILES string of the molecule is CCN(C(=O)CNc1cccc(C(=O)N2CCCC2)c1)c1ccccc1. The van der Waals surface area contributed by atoms with Crippen molar-refractivity contribution in [3.05, 3.63) is 60.2 Å². The summed E-state index contributed by atoms with van der Waals surface area (Å²) in [7, 11) is 0. The maximum Gasteiger partial charge on any atom is 0.253 e. The van der Waals surface area contributed by atoms with Crippen LogP contribution in [0.1, 0.15) is 30.1 Å². The first-order valence-corrected chi connectivity index (χ1v) is 9.17. The van der Waals surface area contributed by atoms with Crippen LogP contribution in [0.3, 0.4) is 0 Å². The second kappa shape index (κ2) is 8.52. The standard InChI is InChI=1S/C21H25N3O2/c1-2-24(19-11-4-3-5-12-19)20(25)16-22-18-10-8-9-17(15-18)21(26)23-13-6-7-14-23/h3-5,8-12,15,22H,2,6-7,13-14,16H2,1H3. The molecule has 3 rings (SSSR count). The molecule has 0 saturated carbocycles. The normalized spacial score (nSPS) is 13.5. The molecule has 5 nitrogen and oxygen atoms in total. The van der Waals surface area contributed by atoms with Gasteiger partial charge in [-0.05, 0) is 50.1 Å². The van der Waals surface area contributed by atoms with Crippen LogP contribution in [0.15, 0.2) is 54.6 Å². The highest BCUT2D eigenvalue weighted by atomic mass is 16.2. The Morgan fingerprint density at radius 2 is 1.77 bits per heavy atom. The molecule has 26 heavy (non-hydrogen) atoms. The third kappa shape index (κ3) is 4.23. The van der Waals surface area contributed by atoms with Crippen molar-refractivity contribution in [2.75, 3.05) is 36.4 Å². The number of benzene rings is 2. The number of nitrogens with one attached hydrogen (secondary N) is 1. The van der Waals surface area contributed by atoms with E-state index >= 15 is 0 Å². The molecule has 1 saturated heterocycles. The van der Waals surface area contributed by atoms with Gasteiger partial charge in [0.25, 0.3) is 5.91 Å². The van der Waals surface area contributed by atoms with E-state index in [1.54, 1.807) is 4.90 Å². The predicted molar refractivity (Wildman–Crippen MR) is 105 cm³/mol. The van der Waals surface area contributed by atoms with Gasteiger partial charge in [-0.25, -0.2) is 0 Å². The van der Waals surface area contributed by atoms with Crippen LogP contribution in [0.2, 0.25) is 0 Å². The predicted octanol–water partition coefficient (Wildman–Crippen LogP) is 3.39. The van der Waals surface area contributed by atoms with Crippen molar-refractivity contribution >= 4 is 23.2 Å². The van der Waals surface area contributed by atoms with Crippen molar-refractivity contribution in [2.24, 2.45) is 0 Å². The number of likely N-dealkylation sites (tertiary alicyclic amines) is 1. The van der Waals surface area contributed by atoms with Gasteiger partial charge in [0.05, 0.1) is 6.54 Å². The molecule has 0 aromatic heterocycles. The molecule has 1 fully saturated rings. The number of rotatable bonds is 6. The van der Waals surface area contributed by atoms with Crippen LogP contribution in [-0.4, -0.2) is 42.9 Å². The number of nitrogens with zero attached hydrogens (tertiary/aromatic N) is 2. The lowest BCUT2D eigenvalue weighted by molar-refractivity contribution is -0.116. The first kappa shape index (κ1) is 18.0.